The summed E-state index contributed by atoms with van der Waals surface area (Å²) in [5.41, 5.74) is 11.5. The lowest BCUT2D eigenvalue weighted by Crippen LogP contribution is -2.31. The number of aliphatic hydroxyl groups excluding tert-OH is 1. The van der Waals surface area contributed by atoms with Crippen LogP contribution in [-0.2, 0) is 32.2 Å². The molecule has 4 aromatic rings. The first-order valence-corrected chi connectivity index (χ1v) is 15.6. The van der Waals surface area contributed by atoms with E-state index in [1.54, 1.807) is 6.92 Å². The third-order valence-electron chi connectivity index (χ3n) is 7.27. The number of ether oxygens (including phenoxy) is 2. The molecule has 2 fully saturated rings. The number of fused-ring (bicyclic) bond motifs is 2. The molecule has 9 atom stereocenters. The summed E-state index contributed by atoms with van der Waals surface area (Å²) in [5.74, 6) is -0.659. The summed E-state index contributed by atoms with van der Waals surface area (Å²) >= 11 is 0. The Morgan fingerprint density at radius 3 is 2.59 bits per heavy atom. The molecular weight excluding hydrogens is 630 g/mol. The van der Waals surface area contributed by atoms with Crippen molar-refractivity contribution in [1.82, 2.24) is 39.0 Å². The van der Waals surface area contributed by atoms with Crippen molar-refractivity contribution in [3.8, 4) is 0 Å². The number of H-pyrrole nitrogens is 1. The first-order valence-electron chi connectivity index (χ1n) is 13.0. The Kier molecular flexibility index (Phi) is 8.18. The molecular formula is C21H27N10O11P2+. The fourth-order valence-electron chi connectivity index (χ4n) is 5.33. The fourth-order valence-corrected chi connectivity index (χ4v) is 6.79. The molecule has 2 aliphatic heterocycles. The van der Waals surface area contributed by atoms with Crippen LogP contribution in [0.2, 0.25) is 0 Å². The summed E-state index contributed by atoms with van der Waals surface area (Å²) in [6.07, 6.45) is -2.35. The van der Waals surface area contributed by atoms with Gasteiger partial charge in [0.2, 0.25) is 5.95 Å². The summed E-state index contributed by atoms with van der Waals surface area (Å²) in [4.78, 5) is 55.1. The highest BCUT2D eigenvalue weighted by Gasteiger charge is 2.50. The number of aromatic nitrogens is 8. The Bertz CT molecular complexity index is 1820. The number of nitrogens with one attached hydrogen (secondary N) is 1. The molecule has 0 radical (unpaired) electrons. The monoisotopic (exact) mass is 657 g/mol. The summed E-state index contributed by atoms with van der Waals surface area (Å²) in [6, 6.07) is 0. The predicted molar refractivity (Wildman–Crippen MR) is 146 cm³/mol. The Morgan fingerprint density at radius 2 is 1.86 bits per heavy atom. The molecule has 2 saturated heterocycles. The molecule has 6 rings (SSSR count). The van der Waals surface area contributed by atoms with Gasteiger partial charge in [0.05, 0.1) is 32.0 Å². The van der Waals surface area contributed by atoms with Crippen LogP contribution in [0.15, 0.2) is 23.8 Å². The van der Waals surface area contributed by atoms with Crippen LogP contribution in [0.4, 0.5) is 11.8 Å². The van der Waals surface area contributed by atoms with E-state index in [0.29, 0.717) is 11.2 Å². The highest BCUT2D eigenvalue weighted by Crippen LogP contribution is 2.50. The van der Waals surface area contributed by atoms with Crippen molar-refractivity contribution in [2.75, 3.05) is 24.7 Å². The molecule has 0 bridgehead atoms. The number of nitrogens with zero attached hydrogens (tertiary/aromatic N) is 7. The van der Waals surface area contributed by atoms with Crippen molar-refractivity contribution in [2.24, 2.45) is 5.92 Å². The summed E-state index contributed by atoms with van der Waals surface area (Å²) < 4.78 is 55.4. The lowest BCUT2D eigenvalue weighted by molar-refractivity contribution is -0.0584. The quantitative estimate of drug-likeness (QED) is 0.117. The molecule has 6 heterocycles. The van der Waals surface area contributed by atoms with E-state index in [-0.39, 0.29) is 29.4 Å². The molecule has 0 aliphatic carbocycles. The van der Waals surface area contributed by atoms with Crippen LogP contribution in [0.5, 0.6) is 0 Å². The van der Waals surface area contributed by atoms with Crippen LogP contribution in [0.1, 0.15) is 25.8 Å². The van der Waals surface area contributed by atoms with Gasteiger partial charge in [0, 0.05) is 16.9 Å². The van der Waals surface area contributed by atoms with Gasteiger partial charge in [-0.2, -0.15) is 4.98 Å². The predicted octanol–water partition coefficient (Wildman–Crippen LogP) is -0.526. The van der Waals surface area contributed by atoms with Gasteiger partial charge in [0.1, 0.15) is 30.3 Å². The van der Waals surface area contributed by atoms with Gasteiger partial charge in [-0.25, -0.2) is 24.5 Å². The maximum Gasteiger partial charge on any atom is 0.695 e. The van der Waals surface area contributed by atoms with Crippen LogP contribution in [0.3, 0.4) is 0 Å². The standard InChI is InChI=1S/C21H26N10O11P2/c1-8-14(41-43(34)35)11(40-19(8)30-6-26-12-15(22)24-5-25-16(12)30)4-38-44(36,37)42-10-2-9(3-32)39-20(10)31-7-27-13-17(31)28-21(23)29-18(13)33/h5-11,14,19-20,32H,2-4H2,1H3,(H6-,22,23,24,25,28,29,33,34,35,36,37)/p+1/t8-,9-,10+,11+,14-,19+,20+/m0/s1. The second-order valence-corrected chi connectivity index (χ2v) is 12.2. The molecule has 2 aliphatic rings. The first kappa shape index (κ1) is 30.5. The average Bonchev–Trinajstić information content (AvgIpc) is 3.73. The van der Waals surface area contributed by atoms with Gasteiger partial charge in [-0.15, -0.1) is 9.42 Å². The number of aromatic amines is 1. The maximum absolute atomic E-state index is 13.2. The van der Waals surface area contributed by atoms with Gasteiger partial charge < -0.3 is 30.9 Å². The van der Waals surface area contributed by atoms with Gasteiger partial charge >= 0.3 is 16.1 Å². The molecule has 44 heavy (non-hydrogen) atoms. The van der Waals surface area contributed by atoms with Crippen LogP contribution >= 0.6 is 16.1 Å². The van der Waals surface area contributed by atoms with Crippen LogP contribution in [-0.4, -0.2) is 91.6 Å². The van der Waals surface area contributed by atoms with Crippen molar-refractivity contribution >= 4 is 50.2 Å². The van der Waals surface area contributed by atoms with Gasteiger partial charge in [0.25, 0.3) is 5.56 Å². The Labute approximate surface area is 246 Å². The number of anilines is 2. The molecule has 236 valence electrons. The van der Waals surface area contributed by atoms with E-state index < -0.39 is 77.6 Å². The number of phosphoric acid groups is 1. The van der Waals surface area contributed by atoms with Gasteiger partial charge in [-0.3, -0.25) is 28.0 Å². The van der Waals surface area contributed by atoms with Crippen LogP contribution < -0.4 is 17.0 Å². The topological polar surface area (TPSA) is 300 Å². The van der Waals surface area contributed by atoms with E-state index in [2.05, 4.69) is 29.9 Å². The van der Waals surface area contributed by atoms with Crippen LogP contribution in [0, 0.1) is 5.92 Å². The van der Waals surface area contributed by atoms with Crippen molar-refractivity contribution in [2.45, 2.75) is 50.2 Å². The number of hydrogen-bond donors (Lipinski definition) is 6. The van der Waals surface area contributed by atoms with Crippen LogP contribution in [0.25, 0.3) is 22.3 Å². The molecule has 23 heteroatoms. The largest absolute Gasteiger partial charge is 0.695 e. The molecule has 0 spiro atoms. The van der Waals surface area contributed by atoms with Gasteiger partial charge in [-0.1, -0.05) is 6.92 Å². The van der Waals surface area contributed by atoms with E-state index in [4.69, 9.17) is 34.5 Å². The molecule has 4 aromatic heterocycles. The summed E-state index contributed by atoms with van der Waals surface area (Å²) in [6.45, 7) is 0.633. The van der Waals surface area contributed by atoms with Gasteiger partial charge in [0.15, 0.2) is 35.0 Å². The van der Waals surface area contributed by atoms with E-state index >= 15 is 0 Å². The number of rotatable bonds is 10. The minimum Gasteiger partial charge on any atom is -0.394 e. The highest BCUT2D eigenvalue weighted by molar-refractivity contribution is 7.47. The molecule has 0 saturated carbocycles. The third kappa shape index (κ3) is 5.70. The molecule has 0 aromatic carbocycles. The number of hydrogen-bond acceptors (Lipinski definition) is 16. The Morgan fingerprint density at radius 1 is 1.14 bits per heavy atom. The Hall–Kier alpha value is -3.49. The molecule has 2 unspecified atom stereocenters. The molecule has 0 amide bonds. The van der Waals surface area contributed by atoms with Crippen molar-refractivity contribution in [1.29, 1.82) is 0 Å². The molecule has 21 nitrogen and oxygen atoms in total. The zero-order valence-corrected chi connectivity index (χ0v) is 24.5. The highest BCUT2D eigenvalue weighted by atomic mass is 31.2. The van der Waals surface area contributed by atoms with E-state index in [9.17, 15) is 28.8 Å². The van der Waals surface area contributed by atoms with Crippen molar-refractivity contribution in [3.05, 3.63) is 29.3 Å². The second kappa shape index (κ2) is 11.8. The first-order chi connectivity index (χ1) is 21.0. The number of imidazole rings is 2. The lowest BCUT2D eigenvalue weighted by atomic mass is 10.0. The normalized spacial score (nSPS) is 29.0. The zero-order chi connectivity index (χ0) is 31.3. The van der Waals surface area contributed by atoms with E-state index in [0.717, 1.165) is 0 Å². The zero-order valence-electron chi connectivity index (χ0n) is 22.7. The smallest absolute Gasteiger partial charge is 0.394 e. The number of aliphatic hydroxyl groups is 1. The molecule has 8 N–H and O–H groups in total. The fraction of sp³-hybridized carbons (Fsp3) is 0.524. The summed E-state index contributed by atoms with van der Waals surface area (Å²) in [7, 11) is -7.98. The van der Waals surface area contributed by atoms with E-state index in [1.807, 2.05) is 0 Å². The van der Waals surface area contributed by atoms with Crippen molar-refractivity contribution in [3.63, 3.8) is 0 Å². The van der Waals surface area contributed by atoms with Crippen molar-refractivity contribution < 1.29 is 47.1 Å². The minimum absolute atomic E-state index is 0.0219. The number of nitrogen functional groups attached to an aromatic ring is 2. The average molecular weight is 657 g/mol. The number of phosphoric ester groups is 1. The third-order valence-corrected chi connectivity index (χ3v) is 8.70. The minimum atomic E-state index is -4.89. The second-order valence-electron chi connectivity index (χ2n) is 10.1. The maximum atomic E-state index is 13.2. The lowest BCUT2D eigenvalue weighted by Gasteiger charge is -2.23. The Balaban J connectivity index is 1.20. The SMILES string of the molecule is C[C@H]1[C@H](O[P+](=O)O)[C@@H](COP(=O)(O)O[C@@H]2C[C@@H](CO)O[C@H]2n2cnc3c(=O)[nH]c(N)nc32)O[C@H]1n1cnc2c(N)ncnc21. The van der Waals surface area contributed by atoms with Gasteiger partial charge in [-0.05, 0) is 0 Å². The van der Waals surface area contributed by atoms with E-state index in [1.165, 1.54) is 28.1 Å². The summed E-state index contributed by atoms with van der Waals surface area (Å²) in [5, 5.41) is 9.70. The number of nitrogens with two attached hydrogens (primary N) is 2.